The highest BCUT2D eigenvalue weighted by molar-refractivity contribution is 6.47. The summed E-state index contributed by atoms with van der Waals surface area (Å²) in [5.74, 6) is 0.693. The van der Waals surface area contributed by atoms with Gasteiger partial charge in [0.15, 0.2) is 5.78 Å². The Morgan fingerprint density at radius 2 is 2.00 bits per heavy atom. The van der Waals surface area contributed by atoms with E-state index in [1.807, 2.05) is 11.0 Å². The number of rotatable bonds is 5. The van der Waals surface area contributed by atoms with E-state index in [-0.39, 0.29) is 29.7 Å². The van der Waals surface area contributed by atoms with Gasteiger partial charge < -0.3 is 14.6 Å². The fourth-order valence-electron chi connectivity index (χ4n) is 3.66. The molecule has 0 spiro atoms. The molecule has 0 bridgehead atoms. The first kappa shape index (κ1) is 17.7. The zero-order valence-electron chi connectivity index (χ0n) is 15.0. The second-order valence-corrected chi connectivity index (χ2v) is 7.14. The quantitative estimate of drug-likeness (QED) is 0.635. The Hall–Kier alpha value is -2.74. The van der Waals surface area contributed by atoms with Gasteiger partial charge in [-0.2, -0.15) is 0 Å². The van der Waals surface area contributed by atoms with Crippen molar-refractivity contribution >= 4 is 24.6 Å². The number of ketones is 2. The van der Waals surface area contributed by atoms with Gasteiger partial charge in [0, 0.05) is 37.7 Å². The summed E-state index contributed by atoms with van der Waals surface area (Å²) in [7, 11) is -1.09. The molecule has 2 aromatic rings. The number of benzene rings is 1. The molecule has 1 aromatic heterocycles. The van der Waals surface area contributed by atoms with Gasteiger partial charge in [0.25, 0.3) is 0 Å². The minimum Gasteiger partial charge on any atom is -0.535 e. The van der Waals surface area contributed by atoms with Gasteiger partial charge in [0.1, 0.15) is 11.5 Å². The van der Waals surface area contributed by atoms with E-state index in [2.05, 4.69) is 9.97 Å². The highest BCUT2D eigenvalue weighted by Crippen LogP contribution is 2.37. The van der Waals surface area contributed by atoms with Gasteiger partial charge in [-0.15, -0.1) is 0 Å². The van der Waals surface area contributed by atoms with Gasteiger partial charge in [-0.05, 0) is 31.0 Å². The molecule has 2 aliphatic rings. The van der Waals surface area contributed by atoms with E-state index in [1.54, 1.807) is 30.6 Å². The van der Waals surface area contributed by atoms with Crippen LogP contribution >= 0.6 is 0 Å². The second-order valence-electron chi connectivity index (χ2n) is 7.14. The van der Waals surface area contributed by atoms with Crippen molar-refractivity contribution in [3.63, 3.8) is 0 Å². The molecule has 0 amide bonds. The molecule has 1 atom stereocenters. The molecule has 0 radical (unpaired) electrons. The normalized spacial score (nSPS) is 19.1. The number of carbonyl (C=O) groups excluding carboxylic acids is 2. The maximum Gasteiger partial charge on any atom is 0.526 e. The van der Waals surface area contributed by atoms with Crippen LogP contribution in [0.1, 0.15) is 29.3 Å². The minimum atomic E-state index is -1.09. The van der Waals surface area contributed by atoms with Crippen molar-refractivity contribution in [3.05, 3.63) is 47.8 Å². The average molecular weight is 365 g/mol. The SMILES string of the molecule is CC(=O)c1cccc2c1OB(O)[C@@H](CC(=O)C1CN(c3ncccn3)C1)C2. The summed E-state index contributed by atoms with van der Waals surface area (Å²) in [5.41, 5.74) is 1.33. The maximum atomic E-state index is 12.6. The molecule has 1 fully saturated rings. The predicted molar refractivity (Wildman–Crippen MR) is 99.9 cm³/mol. The lowest BCUT2D eigenvalue weighted by molar-refractivity contribution is -0.123. The number of Topliss-reactive ketones (excluding diaryl/α,β-unsaturated/α-hetero) is 2. The fourth-order valence-corrected chi connectivity index (χ4v) is 3.66. The van der Waals surface area contributed by atoms with E-state index in [4.69, 9.17) is 4.65 Å². The van der Waals surface area contributed by atoms with Crippen LogP contribution in [0.15, 0.2) is 36.7 Å². The highest BCUT2D eigenvalue weighted by Gasteiger charge is 2.41. The standard InChI is InChI=1S/C19H20BN3O4/c1-12(24)16-5-2-4-13-8-15(20(26)27-18(13)16)9-17(25)14-10-23(11-14)19-21-6-3-7-22-19/h2-7,14-15,26H,8-11H2,1H3/t15-/m1/s1. The van der Waals surface area contributed by atoms with Crippen LogP contribution in [0.2, 0.25) is 5.82 Å². The summed E-state index contributed by atoms with van der Waals surface area (Å²) in [5, 5.41) is 10.4. The smallest absolute Gasteiger partial charge is 0.526 e. The molecule has 8 heteroatoms. The van der Waals surface area contributed by atoms with E-state index in [1.165, 1.54) is 6.92 Å². The maximum absolute atomic E-state index is 12.6. The molecule has 0 aliphatic carbocycles. The van der Waals surface area contributed by atoms with Gasteiger partial charge in [0.2, 0.25) is 5.95 Å². The van der Waals surface area contributed by atoms with E-state index in [0.29, 0.717) is 36.8 Å². The predicted octanol–water partition coefficient (Wildman–Crippen LogP) is 1.56. The minimum absolute atomic E-state index is 0.0778. The zero-order chi connectivity index (χ0) is 19.0. The van der Waals surface area contributed by atoms with E-state index < -0.39 is 7.12 Å². The number of hydrogen-bond donors (Lipinski definition) is 1. The Morgan fingerprint density at radius 3 is 2.70 bits per heavy atom. The van der Waals surface area contributed by atoms with Crippen LogP contribution in [0.25, 0.3) is 0 Å². The molecule has 7 nitrogen and oxygen atoms in total. The number of aromatic nitrogens is 2. The fraction of sp³-hybridized carbons (Fsp3) is 0.368. The highest BCUT2D eigenvalue weighted by atomic mass is 16.5. The van der Waals surface area contributed by atoms with Crippen LogP contribution < -0.4 is 9.55 Å². The van der Waals surface area contributed by atoms with Crippen molar-refractivity contribution in [3.8, 4) is 5.75 Å². The second kappa shape index (κ2) is 7.11. The summed E-state index contributed by atoms with van der Waals surface area (Å²) in [6.45, 7) is 2.66. The number of nitrogens with zero attached hydrogens (tertiary/aromatic N) is 3. The molecule has 3 heterocycles. The molecule has 138 valence electrons. The summed E-state index contributed by atoms with van der Waals surface area (Å²) >= 11 is 0. The lowest BCUT2D eigenvalue weighted by Gasteiger charge is -2.39. The third-order valence-corrected chi connectivity index (χ3v) is 5.24. The third kappa shape index (κ3) is 3.44. The summed E-state index contributed by atoms with van der Waals surface area (Å²) in [6, 6.07) is 7.13. The van der Waals surface area contributed by atoms with Crippen LogP contribution in [-0.2, 0) is 11.2 Å². The Bertz CT molecular complexity index is 871. The molecule has 27 heavy (non-hydrogen) atoms. The summed E-state index contributed by atoms with van der Waals surface area (Å²) in [6.07, 6.45) is 4.13. The van der Waals surface area contributed by atoms with Gasteiger partial charge in [-0.25, -0.2) is 9.97 Å². The molecule has 4 rings (SSSR count). The van der Waals surface area contributed by atoms with Crippen LogP contribution in [0.4, 0.5) is 5.95 Å². The van der Waals surface area contributed by atoms with Gasteiger partial charge >= 0.3 is 7.12 Å². The van der Waals surface area contributed by atoms with Gasteiger partial charge in [0.05, 0.1) is 11.5 Å². The van der Waals surface area contributed by atoms with E-state index in [9.17, 15) is 14.6 Å². The van der Waals surface area contributed by atoms with Gasteiger partial charge in [-0.1, -0.05) is 12.1 Å². The van der Waals surface area contributed by atoms with Crippen molar-refractivity contribution in [2.45, 2.75) is 25.6 Å². The first-order valence-electron chi connectivity index (χ1n) is 9.05. The average Bonchev–Trinajstić information content (AvgIpc) is 2.61. The van der Waals surface area contributed by atoms with E-state index in [0.717, 1.165) is 5.56 Å². The molecular weight excluding hydrogens is 345 g/mol. The third-order valence-electron chi connectivity index (χ3n) is 5.24. The largest absolute Gasteiger partial charge is 0.535 e. The molecule has 0 saturated carbocycles. The Kier molecular flexibility index (Phi) is 4.65. The number of fused-ring (bicyclic) bond motifs is 1. The van der Waals surface area contributed by atoms with Crippen LogP contribution in [-0.4, -0.2) is 46.8 Å². The summed E-state index contributed by atoms with van der Waals surface area (Å²) in [4.78, 5) is 34.7. The summed E-state index contributed by atoms with van der Waals surface area (Å²) < 4.78 is 5.61. The van der Waals surface area contributed by atoms with Crippen molar-refractivity contribution < 1.29 is 19.3 Å². The topological polar surface area (TPSA) is 92.6 Å². The van der Waals surface area contributed by atoms with Crippen molar-refractivity contribution in [2.75, 3.05) is 18.0 Å². The number of anilines is 1. The zero-order valence-corrected chi connectivity index (χ0v) is 15.0. The van der Waals surface area contributed by atoms with Gasteiger partial charge in [-0.3, -0.25) is 9.59 Å². The Labute approximate surface area is 157 Å². The lowest BCUT2D eigenvalue weighted by atomic mass is 9.63. The molecular formula is C19H20BN3O4. The van der Waals surface area contributed by atoms with Crippen LogP contribution in [0.3, 0.4) is 0 Å². The van der Waals surface area contributed by atoms with Crippen LogP contribution in [0.5, 0.6) is 5.75 Å². The van der Waals surface area contributed by atoms with Crippen molar-refractivity contribution in [2.24, 2.45) is 5.92 Å². The van der Waals surface area contributed by atoms with Crippen LogP contribution in [0, 0.1) is 5.92 Å². The Morgan fingerprint density at radius 1 is 1.26 bits per heavy atom. The first-order valence-corrected chi connectivity index (χ1v) is 9.05. The molecule has 2 aliphatic heterocycles. The lowest BCUT2D eigenvalue weighted by Crippen LogP contribution is -2.51. The number of carbonyl (C=O) groups is 2. The monoisotopic (exact) mass is 365 g/mol. The first-order chi connectivity index (χ1) is 13.0. The number of hydrogen-bond acceptors (Lipinski definition) is 7. The van der Waals surface area contributed by atoms with Crippen molar-refractivity contribution in [1.82, 2.24) is 9.97 Å². The Balaban J connectivity index is 1.39. The molecule has 1 N–H and O–H groups in total. The molecule has 1 saturated heterocycles. The molecule has 0 unspecified atom stereocenters. The number of para-hydroxylation sites is 1. The van der Waals surface area contributed by atoms with E-state index >= 15 is 0 Å². The molecule has 1 aromatic carbocycles. The van der Waals surface area contributed by atoms with Crippen molar-refractivity contribution in [1.29, 1.82) is 0 Å².